The highest BCUT2D eigenvalue weighted by atomic mass is 79.9. The van der Waals surface area contributed by atoms with Crippen LogP contribution in [0.4, 0.5) is 0 Å². The van der Waals surface area contributed by atoms with Gasteiger partial charge in [0.1, 0.15) is 17.2 Å². The van der Waals surface area contributed by atoms with Gasteiger partial charge in [-0.1, -0.05) is 34.6 Å². The maximum Gasteiger partial charge on any atom is 0.276 e. The summed E-state index contributed by atoms with van der Waals surface area (Å²) in [4.78, 5) is 14.9. The minimum absolute atomic E-state index is 0.00402. The minimum Gasteiger partial charge on any atom is -0.508 e. The zero-order chi connectivity index (χ0) is 23.5. The Hall–Kier alpha value is -3.96. The number of aromatic hydroxyl groups is 1. The number of carbonyl (C=O) groups is 1. The van der Waals surface area contributed by atoms with Crippen LogP contribution >= 0.6 is 15.9 Å². The molecule has 7 nitrogen and oxygen atoms in total. The predicted molar refractivity (Wildman–Crippen MR) is 128 cm³/mol. The number of hydrazone groups is 1. The van der Waals surface area contributed by atoms with Crippen LogP contribution in [0.2, 0.25) is 0 Å². The first kappa shape index (κ1) is 22.2. The zero-order valence-electron chi connectivity index (χ0n) is 17.7. The highest BCUT2D eigenvalue weighted by Crippen LogP contribution is 2.38. The molecule has 1 amide bonds. The van der Waals surface area contributed by atoms with E-state index in [1.165, 1.54) is 24.2 Å². The maximum absolute atomic E-state index is 13.4. The SMILES string of the molecule is C=C1N/N=C(/c2ccc(Br)cc2)CC(c2cc(OC)ccc2O)N(C2=C=C=C(O)C=C2)C1=O. The van der Waals surface area contributed by atoms with Crippen LogP contribution in [0.25, 0.3) is 0 Å². The molecule has 1 aliphatic carbocycles. The van der Waals surface area contributed by atoms with Crippen molar-refractivity contribution in [2.75, 3.05) is 7.11 Å². The molecule has 4 rings (SSSR count). The lowest BCUT2D eigenvalue weighted by atomic mass is 9.93. The lowest BCUT2D eigenvalue weighted by Crippen LogP contribution is -2.40. The van der Waals surface area contributed by atoms with Gasteiger partial charge in [-0.2, -0.15) is 5.10 Å². The van der Waals surface area contributed by atoms with Crippen molar-refractivity contribution in [1.29, 1.82) is 0 Å². The van der Waals surface area contributed by atoms with Gasteiger partial charge >= 0.3 is 0 Å². The van der Waals surface area contributed by atoms with Crippen molar-refractivity contribution < 1.29 is 19.7 Å². The molecule has 166 valence electrons. The van der Waals surface area contributed by atoms with Gasteiger partial charge in [0.05, 0.1) is 24.6 Å². The highest BCUT2D eigenvalue weighted by Gasteiger charge is 2.34. The fraction of sp³-hybridized carbons (Fsp3) is 0.120. The molecule has 0 fully saturated rings. The summed E-state index contributed by atoms with van der Waals surface area (Å²) in [6, 6.07) is 11.8. The fourth-order valence-corrected chi connectivity index (χ4v) is 3.84. The Balaban J connectivity index is 1.92. The van der Waals surface area contributed by atoms with Crippen LogP contribution in [0, 0.1) is 0 Å². The Labute approximate surface area is 199 Å². The van der Waals surface area contributed by atoms with Crippen LogP contribution in [0.3, 0.4) is 0 Å². The molecule has 8 heteroatoms. The molecule has 0 bridgehead atoms. The van der Waals surface area contributed by atoms with E-state index >= 15 is 0 Å². The number of benzene rings is 2. The fourth-order valence-electron chi connectivity index (χ4n) is 3.58. The first-order valence-corrected chi connectivity index (χ1v) is 10.8. The van der Waals surface area contributed by atoms with Crippen molar-refractivity contribution >= 4 is 27.5 Å². The van der Waals surface area contributed by atoms with E-state index in [2.05, 4.69) is 44.5 Å². The Morgan fingerprint density at radius 2 is 1.94 bits per heavy atom. The third kappa shape index (κ3) is 4.64. The number of methoxy groups -OCH3 is 1. The molecule has 1 unspecified atom stereocenters. The van der Waals surface area contributed by atoms with Gasteiger partial charge in [0.25, 0.3) is 5.91 Å². The van der Waals surface area contributed by atoms with E-state index in [1.807, 2.05) is 24.3 Å². The van der Waals surface area contributed by atoms with Crippen molar-refractivity contribution in [3.05, 3.63) is 105 Å². The second kappa shape index (κ2) is 9.27. The Morgan fingerprint density at radius 1 is 1.18 bits per heavy atom. The third-order valence-electron chi connectivity index (χ3n) is 5.25. The topological polar surface area (TPSA) is 94.4 Å². The molecule has 0 radical (unpaired) electrons. The summed E-state index contributed by atoms with van der Waals surface area (Å²) in [5.74, 6) is -0.0440. The molecule has 2 aromatic carbocycles. The van der Waals surface area contributed by atoms with E-state index in [4.69, 9.17) is 4.74 Å². The number of amides is 1. The molecule has 2 aliphatic rings. The average molecular weight is 506 g/mol. The van der Waals surface area contributed by atoms with E-state index in [1.54, 1.807) is 18.2 Å². The van der Waals surface area contributed by atoms with E-state index in [-0.39, 0.29) is 23.6 Å². The van der Waals surface area contributed by atoms with Gasteiger partial charge in [-0.3, -0.25) is 15.1 Å². The van der Waals surface area contributed by atoms with Crippen molar-refractivity contribution in [1.82, 2.24) is 10.3 Å². The average Bonchev–Trinajstić information content (AvgIpc) is 2.82. The largest absolute Gasteiger partial charge is 0.508 e. The van der Waals surface area contributed by atoms with Crippen molar-refractivity contribution in [3.8, 4) is 11.5 Å². The van der Waals surface area contributed by atoms with Crippen LogP contribution < -0.4 is 10.2 Å². The van der Waals surface area contributed by atoms with Crippen LogP contribution in [0.1, 0.15) is 23.6 Å². The van der Waals surface area contributed by atoms with Gasteiger partial charge in [-0.25, -0.2) is 0 Å². The van der Waals surface area contributed by atoms with Gasteiger partial charge < -0.3 is 14.9 Å². The summed E-state index contributed by atoms with van der Waals surface area (Å²) >= 11 is 3.44. The molecule has 1 heterocycles. The van der Waals surface area contributed by atoms with E-state index in [9.17, 15) is 15.0 Å². The molecule has 0 spiro atoms. The van der Waals surface area contributed by atoms with Crippen molar-refractivity contribution in [3.63, 3.8) is 0 Å². The van der Waals surface area contributed by atoms with Gasteiger partial charge in [0.15, 0.2) is 5.76 Å². The molecule has 1 aliphatic heterocycles. The number of carbonyl (C=O) groups excluding carboxylic acids is 1. The predicted octanol–water partition coefficient (Wildman–Crippen LogP) is 4.59. The van der Waals surface area contributed by atoms with Crippen LogP contribution in [0.15, 0.2) is 99.4 Å². The maximum atomic E-state index is 13.4. The number of allylic oxidation sites excluding steroid dienone is 2. The van der Waals surface area contributed by atoms with Gasteiger partial charge in [-0.05, 0) is 59.5 Å². The molecule has 3 N–H and O–H groups in total. The zero-order valence-corrected chi connectivity index (χ0v) is 19.3. The van der Waals surface area contributed by atoms with Gasteiger partial charge in [0.2, 0.25) is 0 Å². The number of halogens is 1. The normalized spacial score (nSPS) is 19.6. The van der Waals surface area contributed by atoms with E-state index in [0.717, 1.165) is 10.0 Å². The van der Waals surface area contributed by atoms with Crippen molar-refractivity contribution in [2.45, 2.75) is 12.5 Å². The van der Waals surface area contributed by atoms with Gasteiger partial charge in [-0.15, -0.1) is 0 Å². The molecule has 1 atom stereocenters. The number of phenolic OH excluding ortho intramolecular Hbond substituents is 1. The minimum atomic E-state index is -0.692. The number of phenols is 1. The van der Waals surface area contributed by atoms with E-state index < -0.39 is 11.9 Å². The second-order valence-corrected chi connectivity index (χ2v) is 8.25. The first-order chi connectivity index (χ1) is 15.9. The molecule has 2 aromatic rings. The van der Waals surface area contributed by atoms with Gasteiger partial charge in [0, 0.05) is 16.5 Å². The summed E-state index contributed by atoms with van der Waals surface area (Å²) in [7, 11) is 1.53. The summed E-state index contributed by atoms with van der Waals surface area (Å²) in [6.07, 6.45) is 3.22. The standard InChI is InChI=1S/C25H20BrN3O4/c1-15-25(32)29(18-7-9-19(30)10-8-18)23(21-13-20(33-2)11-12-24(21)31)14-22(28-27-15)16-3-5-17(26)6-4-16/h3-7,9,11-13,23,27,30-31H,1,14H2,2H3/b28-22+. The lowest BCUT2D eigenvalue weighted by molar-refractivity contribution is -0.127. The number of aliphatic hydroxyl groups is 1. The summed E-state index contributed by atoms with van der Waals surface area (Å²) in [5, 5.41) is 24.9. The number of rotatable bonds is 4. The Bertz CT molecular complexity index is 1300. The molecular formula is C25H20BrN3O4. The third-order valence-corrected chi connectivity index (χ3v) is 5.78. The van der Waals surface area contributed by atoms with Crippen LogP contribution in [-0.2, 0) is 4.79 Å². The van der Waals surface area contributed by atoms with Crippen molar-refractivity contribution in [2.24, 2.45) is 5.10 Å². The smallest absolute Gasteiger partial charge is 0.276 e. The number of nitrogens with zero attached hydrogens (tertiary/aromatic N) is 2. The first-order valence-electron chi connectivity index (χ1n) is 9.98. The molecule has 0 saturated heterocycles. The number of ether oxygens (including phenoxy) is 1. The second-order valence-electron chi connectivity index (χ2n) is 7.33. The Morgan fingerprint density at radius 3 is 2.61 bits per heavy atom. The summed E-state index contributed by atoms with van der Waals surface area (Å²) < 4.78 is 6.28. The monoisotopic (exact) mass is 505 g/mol. The quantitative estimate of drug-likeness (QED) is 0.417. The highest BCUT2D eigenvalue weighted by molar-refractivity contribution is 9.10. The number of hydrogen-bond donors (Lipinski definition) is 3. The van der Waals surface area contributed by atoms with E-state index in [0.29, 0.717) is 22.7 Å². The molecule has 33 heavy (non-hydrogen) atoms. The van der Waals surface area contributed by atoms with Crippen LogP contribution in [0.5, 0.6) is 11.5 Å². The number of hydrogen-bond acceptors (Lipinski definition) is 6. The number of aliphatic hydroxyl groups excluding tert-OH is 1. The summed E-state index contributed by atoms with van der Waals surface area (Å²) in [5.41, 5.74) is 10.5. The molecular weight excluding hydrogens is 486 g/mol. The number of nitrogens with one attached hydrogen (secondary N) is 1. The molecule has 0 aromatic heterocycles. The Kier molecular flexibility index (Phi) is 6.24. The molecule has 0 saturated carbocycles. The lowest BCUT2D eigenvalue weighted by Gasteiger charge is -2.34. The summed E-state index contributed by atoms with van der Waals surface area (Å²) in [6.45, 7) is 3.84. The van der Waals surface area contributed by atoms with Crippen LogP contribution in [-0.4, -0.2) is 33.8 Å².